The number of ether oxygens (including phenoxy) is 8. The van der Waals surface area contributed by atoms with Crippen LogP contribution in [-0.4, -0.2) is 281 Å². The molecule has 4 saturated heterocycles. The molecule has 29 heteroatoms. The average Bonchev–Trinajstić information content (AvgIpc) is 3.26. The zero-order valence-corrected chi connectivity index (χ0v) is 35.3. The van der Waals surface area contributed by atoms with Crippen LogP contribution in [0.15, 0.2) is 0 Å². The average molecular weight is 954 g/mol. The zero-order valence-electron chi connectivity index (χ0n) is 35.3. The lowest BCUT2D eigenvalue weighted by atomic mass is 9.94. The van der Waals surface area contributed by atoms with Gasteiger partial charge in [0.1, 0.15) is 116 Å². The van der Waals surface area contributed by atoms with E-state index in [1.807, 2.05) is 0 Å². The van der Waals surface area contributed by atoms with Gasteiger partial charge in [0.15, 0.2) is 25.2 Å². The van der Waals surface area contributed by atoms with Crippen LogP contribution in [0.25, 0.3) is 0 Å². The van der Waals surface area contributed by atoms with Gasteiger partial charge in [0.25, 0.3) is 0 Å². The number of amides is 3. The van der Waals surface area contributed by atoms with E-state index in [1.165, 1.54) is 0 Å². The van der Waals surface area contributed by atoms with Crippen molar-refractivity contribution in [1.82, 2.24) is 16.0 Å². The lowest BCUT2D eigenvalue weighted by Crippen LogP contribution is -2.69. The Kier molecular flexibility index (Phi) is 20.9. The Bertz CT molecular complexity index is 1510. The summed E-state index contributed by atoms with van der Waals surface area (Å²) in [5, 5.41) is 165. The number of nitrogens with one attached hydrogen (secondary N) is 3. The van der Waals surface area contributed by atoms with Gasteiger partial charge in [-0.1, -0.05) is 0 Å². The van der Waals surface area contributed by atoms with Gasteiger partial charge in [-0.2, -0.15) is 0 Å². The molecule has 0 aromatic rings. The molecule has 378 valence electrons. The first-order valence-corrected chi connectivity index (χ1v) is 20.5. The molecule has 4 heterocycles. The summed E-state index contributed by atoms with van der Waals surface area (Å²) in [5.74, 6) is -2.26. The molecule has 29 nitrogen and oxygen atoms in total. The third kappa shape index (κ3) is 13.2. The molecule has 0 radical (unpaired) electrons. The van der Waals surface area contributed by atoms with Crippen LogP contribution in [-0.2, 0) is 52.3 Å². The van der Waals surface area contributed by atoms with E-state index in [9.17, 15) is 91.0 Å². The molecule has 3 amide bonds. The minimum Gasteiger partial charge on any atom is -0.394 e. The van der Waals surface area contributed by atoms with Gasteiger partial charge in [0.2, 0.25) is 17.7 Å². The molecule has 4 aliphatic rings. The van der Waals surface area contributed by atoms with Crippen molar-refractivity contribution >= 4 is 17.7 Å². The Labute approximate surface area is 369 Å². The van der Waals surface area contributed by atoms with Gasteiger partial charge in [-0.25, -0.2) is 0 Å². The van der Waals surface area contributed by atoms with E-state index in [-0.39, 0.29) is 0 Å². The first kappa shape index (κ1) is 55.1. The third-order valence-corrected chi connectivity index (χ3v) is 11.2. The van der Waals surface area contributed by atoms with Crippen molar-refractivity contribution in [2.24, 2.45) is 0 Å². The smallest absolute Gasteiger partial charge is 0.217 e. The molecule has 5 unspecified atom stereocenters. The van der Waals surface area contributed by atoms with Crippen LogP contribution in [0, 0.1) is 0 Å². The summed E-state index contributed by atoms with van der Waals surface area (Å²) < 4.78 is 45.1. The second-order valence-corrected chi connectivity index (χ2v) is 16.0. The van der Waals surface area contributed by atoms with Gasteiger partial charge in [-0.15, -0.1) is 0 Å². The number of aliphatic hydroxyl groups is 15. The van der Waals surface area contributed by atoms with Crippen molar-refractivity contribution in [1.29, 1.82) is 0 Å². The lowest BCUT2D eigenvalue weighted by Gasteiger charge is -2.49. The Hall–Kier alpha value is -2.51. The molecule has 4 aliphatic heterocycles. The monoisotopic (exact) mass is 953 g/mol. The summed E-state index contributed by atoms with van der Waals surface area (Å²) in [7, 11) is 0. The highest BCUT2D eigenvalue weighted by Gasteiger charge is 2.55. The van der Waals surface area contributed by atoms with Crippen LogP contribution in [0.4, 0.5) is 0 Å². The molecule has 0 aromatic heterocycles. The van der Waals surface area contributed by atoms with Gasteiger partial charge in [-0.05, 0) is 0 Å². The quantitative estimate of drug-likeness (QED) is 0.0539. The van der Waals surface area contributed by atoms with Crippen LogP contribution in [0.3, 0.4) is 0 Å². The van der Waals surface area contributed by atoms with Gasteiger partial charge < -0.3 is 130 Å². The Balaban J connectivity index is 1.50. The van der Waals surface area contributed by atoms with Crippen molar-refractivity contribution in [3.05, 3.63) is 0 Å². The van der Waals surface area contributed by atoms with E-state index < -0.39 is 204 Å². The van der Waals surface area contributed by atoms with E-state index >= 15 is 0 Å². The van der Waals surface area contributed by atoms with Gasteiger partial charge in [0.05, 0.1) is 45.7 Å². The predicted molar refractivity (Wildman–Crippen MR) is 204 cm³/mol. The maximum absolute atomic E-state index is 12.3. The molecule has 0 bridgehead atoms. The lowest BCUT2D eigenvalue weighted by molar-refractivity contribution is -0.368. The van der Waals surface area contributed by atoms with Crippen molar-refractivity contribution in [2.45, 2.75) is 168 Å². The summed E-state index contributed by atoms with van der Waals surface area (Å²) in [6.07, 6.45) is -38.6. The SMILES string of the molecule is CC(=O)NC1C(O[C@@H]2[C@H](O)[C@@H](O)[C@H](O[C@H]3[C@H](O)[C@@H](NC(C)=O)[C@H](OC[C@@H](O)[C@H](O)[C@H](O[C@@H]4O[C@H](CO)[C@H](O)[C@H](O)[C@H]4O)[C@H](CO)NC(C)=O)O[C@@H]3CO)O[C@@H]2CO)OC(CO)C(O)C1O. The second kappa shape index (κ2) is 24.7. The molecule has 0 aliphatic carbocycles. The van der Waals surface area contributed by atoms with Gasteiger partial charge >= 0.3 is 0 Å². The van der Waals surface area contributed by atoms with Crippen molar-refractivity contribution in [2.75, 3.05) is 39.6 Å². The number of carbonyl (C=O) groups is 3. The number of hydrogen-bond acceptors (Lipinski definition) is 26. The fourth-order valence-electron chi connectivity index (χ4n) is 7.75. The van der Waals surface area contributed by atoms with E-state index in [4.69, 9.17) is 37.9 Å². The summed E-state index contributed by atoms with van der Waals surface area (Å²) in [6, 6.07) is -4.70. The normalized spacial score (nSPS) is 42.0. The molecule has 0 aromatic carbocycles. The Morgan fingerprint density at radius 1 is 0.523 bits per heavy atom. The van der Waals surface area contributed by atoms with Crippen LogP contribution < -0.4 is 16.0 Å². The minimum atomic E-state index is -2.18. The molecule has 0 saturated carbocycles. The fourth-order valence-corrected chi connectivity index (χ4v) is 7.75. The number of rotatable bonds is 20. The number of carbonyl (C=O) groups excluding carboxylic acids is 3. The van der Waals surface area contributed by atoms with Crippen molar-refractivity contribution < 1.29 is 129 Å². The molecule has 4 rings (SSSR count). The van der Waals surface area contributed by atoms with Crippen LogP contribution in [0.2, 0.25) is 0 Å². The Morgan fingerprint density at radius 3 is 1.48 bits per heavy atom. The zero-order chi connectivity index (χ0) is 48.6. The van der Waals surface area contributed by atoms with Crippen LogP contribution in [0.1, 0.15) is 20.8 Å². The Morgan fingerprint density at radius 2 is 0.969 bits per heavy atom. The molecular formula is C36H63N3O26. The summed E-state index contributed by atoms with van der Waals surface area (Å²) in [5.41, 5.74) is 0. The third-order valence-electron chi connectivity index (χ3n) is 11.2. The number of hydrogen-bond donors (Lipinski definition) is 18. The highest BCUT2D eigenvalue weighted by Crippen LogP contribution is 2.33. The molecule has 18 N–H and O–H groups in total. The summed E-state index contributed by atoms with van der Waals surface area (Å²) in [4.78, 5) is 36.2. The molecular weight excluding hydrogens is 890 g/mol. The second-order valence-electron chi connectivity index (χ2n) is 16.0. The summed E-state index contributed by atoms with van der Waals surface area (Å²) >= 11 is 0. The van der Waals surface area contributed by atoms with Gasteiger partial charge in [0, 0.05) is 20.8 Å². The van der Waals surface area contributed by atoms with E-state index in [0.29, 0.717) is 0 Å². The molecule has 24 atom stereocenters. The van der Waals surface area contributed by atoms with Crippen molar-refractivity contribution in [3.63, 3.8) is 0 Å². The standard InChI is InChI=1S/C36H63N3O26/c1-10(45)37-13(4-40)30(63-35-28(56)26(54)23(51)16(6-42)60-35)21(49)14(48)9-58-33-20(39-12(3)47)25(53)31(17(7-43)61-33)65-36-29(57)27(55)32(18(8-44)62-36)64-34-19(38-11(2)46)24(52)22(50)15(5-41)59-34/h13-36,40-44,48-57H,4-9H2,1-3H3,(H,37,45)(H,38,46)(H,39,47)/t13-,14+,15?,16+,17+,18+,19?,20+,21-,22?,23-,24?,25+,26-,27+,28+,29+,30+,31+,32-,33+,34?,35-,36-/m0/s1. The first-order valence-electron chi connectivity index (χ1n) is 20.5. The molecule has 4 fully saturated rings. The molecule has 0 spiro atoms. The van der Waals surface area contributed by atoms with E-state index in [1.54, 1.807) is 0 Å². The molecule has 65 heavy (non-hydrogen) atoms. The topological polar surface area (TPSA) is 465 Å². The number of aliphatic hydroxyl groups excluding tert-OH is 15. The van der Waals surface area contributed by atoms with E-state index in [0.717, 1.165) is 20.8 Å². The fraction of sp³-hybridized carbons (Fsp3) is 0.917. The van der Waals surface area contributed by atoms with Gasteiger partial charge in [-0.3, -0.25) is 14.4 Å². The highest BCUT2D eigenvalue weighted by molar-refractivity contribution is 5.74. The van der Waals surface area contributed by atoms with E-state index in [2.05, 4.69) is 16.0 Å². The highest BCUT2D eigenvalue weighted by atomic mass is 16.8. The maximum Gasteiger partial charge on any atom is 0.217 e. The minimum absolute atomic E-state index is 0.706. The maximum atomic E-state index is 12.3. The largest absolute Gasteiger partial charge is 0.394 e. The van der Waals surface area contributed by atoms with Crippen LogP contribution >= 0.6 is 0 Å². The predicted octanol–water partition coefficient (Wildman–Crippen LogP) is -11.9. The van der Waals surface area contributed by atoms with Crippen LogP contribution in [0.5, 0.6) is 0 Å². The van der Waals surface area contributed by atoms with Crippen molar-refractivity contribution in [3.8, 4) is 0 Å². The summed E-state index contributed by atoms with van der Waals surface area (Å²) in [6.45, 7) is -2.40. The first-order chi connectivity index (χ1) is 30.6.